The third kappa shape index (κ3) is 41.1. The van der Waals surface area contributed by atoms with Gasteiger partial charge in [-0.15, -0.1) is 0 Å². The van der Waals surface area contributed by atoms with E-state index in [0.29, 0.717) is 12.8 Å². The van der Waals surface area contributed by atoms with Gasteiger partial charge < -0.3 is 23.8 Å². The van der Waals surface area contributed by atoms with Crippen LogP contribution in [0, 0.1) is 0 Å². The van der Waals surface area contributed by atoms with E-state index < -0.39 is 18.1 Å². The second-order valence-corrected chi connectivity index (χ2v) is 16.4. The fraction of sp³-hybridized carbons (Fsp3) is 0.574. The van der Waals surface area contributed by atoms with Crippen molar-refractivity contribution in [3.05, 3.63) is 122 Å². The average molecular weight is 861 g/mol. The minimum absolute atomic E-state index is 0.0240. The van der Waals surface area contributed by atoms with Crippen LogP contribution in [0.4, 0.5) is 0 Å². The molecule has 0 fully saturated rings. The van der Waals surface area contributed by atoms with Gasteiger partial charge in [-0.3, -0.25) is 9.59 Å². The highest BCUT2D eigenvalue weighted by molar-refractivity contribution is 5.72. The minimum atomic E-state index is -0.893. The Morgan fingerprint density at radius 3 is 1.52 bits per heavy atom. The van der Waals surface area contributed by atoms with Gasteiger partial charge in [0.1, 0.15) is 6.61 Å². The van der Waals surface area contributed by atoms with Crippen molar-refractivity contribution in [2.75, 3.05) is 41.0 Å². The molecule has 1 N–H and O–H groups in total. The lowest BCUT2D eigenvalue weighted by Gasteiger charge is -2.31. The topological polar surface area (TPSA) is 99.1 Å². The summed E-state index contributed by atoms with van der Waals surface area (Å²) in [6.45, 7) is 4.47. The van der Waals surface area contributed by atoms with E-state index in [0.717, 1.165) is 89.9 Å². The minimum Gasteiger partial charge on any atom is -0.477 e. The molecule has 0 rings (SSSR count). The van der Waals surface area contributed by atoms with Crippen LogP contribution in [-0.2, 0) is 28.6 Å². The van der Waals surface area contributed by atoms with Gasteiger partial charge in [-0.1, -0.05) is 167 Å². The number of rotatable bonds is 40. The van der Waals surface area contributed by atoms with Crippen molar-refractivity contribution in [2.24, 2.45) is 0 Å². The van der Waals surface area contributed by atoms with E-state index >= 15 is 0 Å². The highest BCUT2D eigenvalue weighted by atomic mass is 16.6. The Balaban J connectivity index is 4.50. The van der Waals surface area contributed by atoms with Gasteiger partial charge in [-0.05, 0) is 83.5 Å². The molecule has 0 aliphatic rings. The number of carbonyl (C=O) groups is 3. The van der Waals surface area contributed by atoms with E-state index in [1.165, 1.54) is 19.3 Å². The molecule has 348 valence electrons. The Morgan fingerprint density at radius 2 is 0.984 bits per heavy atom. The molecular formula is C54H86NO7+. The molecule has 0 aromatic rings. The maximum atomic E-state index is 12.8. The van der Waals surface area contributed by atoms with Crippen molar-refractivity contribution in [1.29, 1.82) is 0 Å². The SMILES string of the molecule is CC/C=C/C/C=C/C/C=C/C/C=C/C/C=C/C/C=C/CCCC(=O)OCC(COCCC(C(=O)O)[N+](C)(C)C)OC(=O)CCCCCCC/C=C/C=C/C=C/C=C/CCCCC. The number of likely N-dealkylation sites (N-methyl/N-ethyl adjacent to an activating group) is 1. The van der Waals surface area contributed by atoms with Gasteiger partial charge in [0.05, 0.1) is 34.4 Å². The molecule has 0 saturated carbocycles. The number of hydrogen-bond acceptors (Lipinski definition) is 6. The van der Waals surface area contributed by atoms with Crippen LogP contribution >= 0.6 is 0 Å². The Morgan fingerprint density at radius 1 is 0.516 bits per heavy atom. The number of hydrogen-bond donors (Lipinski definition) is 1. The van der Waals surface area contributed by atoms with Gasteiger partial charge in [-0.25, -0.2) is 4.79 Å². The van der Waals surface area contributed by atoms with Crippen LogP contribution in [0.15, 0.2) is 122 Å². The quantitative estimate of drug-likeness (QED) is 0.0215. The predicted octanol–water partition coefficient (Wildman–Crippen LogP) is 13.4. The van der Waals surface area contributed by atoms with Crippen LogP contribution in [0.1, 0.15) is 149 Å². The van der Waals surface area contributed by atoms with Crippen LogP contribution in [0.3, 0.4) is 0 Å². The summed E-state index contributed by atoms with van der Waals surface area (Å²) in [6, 6.07) is -0.636. The zero-order valence-electron chi connectivity index (χ0n) is 39.5. The lowest BCUT2D eigenvalue weighted by molar-refractivity contribution is -0.887. The van der Waals surface area contributed by atoms with E-state index in [2.05, 4.69) is 129 Å². The van der Waals surface area contributed by atoms with E-state index in [1.54, 1.807) is 0 Å². The monoisotopic (exact) mass is 861 g/mol. The van der Waals surface area contributed by atoms with Crippen molar-refractivity contribution in [2.45, 2.75) is 161 Å². The largest absolute Gasteiger partial charge is 0.477 e. The standard InChI is InChI=1S/C54H85NO7/c1-6-8-10-12-14-16-18-20-22-24-26-27-29-30-32-34-36-38-40-42-44-52(56)61-49-50(48-60-47-46-51(54(58)59)55(3,4)5)62-53(57)45-43-41-39-37-35-33-31-28-25-23-21-19-17-15-13-11-9-7-2/h8,10,14-17,19-23,25-28,30-32,36,38,50-51H,6-7,9,11-13,18,24,29,33-35,37,39-49H2,1-5H3/p+1/b10-8+,16-14+,17-15+,21-19+,22-20+,25-23+,27-26+,31-28+,32-30+,38-36+. The molecule has 0 aromatic carbocycles. The maximum absolute atomic E-state index is 12.8. The average Bonchev–Trinajstić information content (AvgIpc) is 3.23. The summed E-state index contributed by atoms with van der Waals surface area (Å²) in [6.07, 6.45) is 61.0. The third-order valence-electron chi connectivity index (χ3n) is 9.69. The Bertz CT molecular complexity index is 1420. The Labute approximate surface area is 378 Å². The van der Waals surface area contributed by atoms with Gasteiger partial charge in [-0.2, -0.15) is 0 Å². The third-order valence-corrected chi connectivity index (χ3v) is 9.69. The van der Waals surface area contributed by atoms with Crippen LogP contribution in [0.2, 0.25) is 0 Å². The zero-order chi connectivity index (χ0) is 45.6. The Kier molecular flexibility index (Phi) is 40.4. The molecule has 0 amide bonds. The Hall–Kier alpha value is -4.27. The van der Waals surface area contributed by atoms with Crippen molar-refractivity contribution in [1.82, 2.24) is 0 Å². The van der Waals surface area contributed by atoms with Crippen molar-refractivity contribution in [3.63, 3.8) is 0 Å². The van der Waals surface area contributed by atoms with Crippen LogP contribution < -0.4 is 0 Å². The fourth-order valence-corrected chi connectivity index (χ4v) is 6.05. The molecule has 0 radical (unpaired) electrons. The summed E-state index contributed by atoms with van der Waals surface area (Å²) < 4.78 is 17.2. The number of carboxylic acid groups (broad SMARTS) is 1. The predicted molar refractivity (Wildman–Crippen MR) is 261 cm³/mol. The fourth-order valence-electron chi connectivity index (χ4n) is 6.05. The summed E-state index contributed by atoms with van der Waals surface area (Å²) in [5.74, 6) is -1.59. The molecule has 62 heavy (non-hydrogen) atoms. The summed E-state index contributed by atoms with van der Waals surface area (Å²) in [7, 11) is 5.49. The summed E-state index contributed by atoms with van der Waals surface area (Å²) in [5, 5.41) is 9.64. The summed E-state index contributed by atoms with van der Waals surface area (Å²) in [5.41, 5.74) is 0. The molecule has 8 heteroatoms. The number of aliphatic carboxylic acids is 1. The maximum Gasteiger partial charge on any atom is 0.362 e. The summed E-state index contributed by atoms with van der Waals surface area (Å²) >= 11 is 0. The van der Waals surface area contributed by atoms with Crippen molar-refractivity contribution >= 4 is 17.9 Å². The van der Waals surface area contributed by atoms with Gasteiger partial charge >= 0.3 is 17.9 Å². The molecule has 0 bridgehead atoms. The molecule has 8 nitrogen and oxygen atoms in total. The number of unbranched alkanes of at least 4 members (excludes halogenated alkanes) is 9. The first kappa shape index (κ1) is 57.7. The highest BCUT2D eigenvalue weighted by Gasteiger charge is 2.31. The lowest BCUT2D eigenvalue weighted by atomic mass is 10.1. The molecule has 0 aromatic heterocycles. The smallest absolute Gasteiger partial charge is 0.362 e. The van der Waals surface area contributed by atoms with E-state index in [-0.39, 0.29) is 49.1 Å². The number of allylic oxidation sites excluding steroid dienone is 20. The molecule has 2 atom stereocenters. The first-order chi connectivity index (χ1) is 30.1. The van der Waals surface area contributed by atoms with Gasteiger partial charge in [0, 0.05) is 19.3 Å². The normalized spacial score (nSPS) is 14.0. The van der Waals surface area contributed by atoms with E-state index in [9.17, 15) is 19.5 Å². The van der Waals surface area contributed by atoms with Gasteiger partial charge in [0.2, 0.25) is 0 Å². The first-order valence-electron chi connectivity index (χ1n) is 23.6. The van der Waals surface area contributed by atoms with E-state index in [4.69, 9.17) is 14.2 Å². The number of carbonyl (C=O) groups excluding carboxylic acids is 2. The molecule has 2 unspecified atom stereocenters. The molecular weight excluding hydrogens is 775 g/mol. The van der Waals surface area contributed by atoms with Crippen molar-refractivity contribution in [3.8, 4) is 0 Å². The zero-order valence-corrected chi connectivity index (χ0v) is 39.5. The molecule has 0 spiro atoms. The van der Waals surface area contributed by atoms with Crippen molar-refractivity contribution < 1.29 is 38.2 Å². The molecule has 0 aliphatic carbocycles. The molecule has 0 saturated heterocycles. The van der Waals surface area contributed by atoms with Gasteiger partial charge in [0.25, 0.3) is 0 Å². The number of esters is 2. The number of carboxylic acids is 1. The second kappa shape index (κ2) is 43.4. The van der Waals surface area contributed by atoms with E-state index in [1.807, 2.05) is 27.2 Å². The van der Waals surface area contributed by atoms with Crippen LogP contribution in [0.25, 0.3) is 0 Å². The molecule has 0 aliphatic heterocycles. The highest BCUT2D eigenvalue weighted by Crippen LogP contribution is 2.12. The number of quaternary nitrogens is 1. The molecule has 0 heterocycles. The number of ether oxygens (including phenoxy) is 3. The summed E-state index contributed by atoms with van der Waals surface area (Å²) in [4.78, 5) is 37.1. The van der Waals surface area contributed by atoms with Crippen LogP contribution in [0.5, 0.6) is 0 Å². The lowest BCUT2D eigenvalue weighted by Crippen LogP contribution is -2.50. The second-order valence-electron chi connectivity index (χ2n) is 16.4. The first-order valence-corrected chi connectivity index (χ1v) is 23.6. The number of nitrogens with zero attached hydrogens (tertiary/aromatic N) is 1. The van der Waals surface area contributed by atoms with Gasteiger partial charge in [0.15, 0.2) is 12.1 Å². The van der Waals surface area contributed by atoms with Crippen LogP contribution in [-0.4, -0.2) is 80.6 Å².